The van der Waals surface area contributed by atoms with Crippen LogP contribution in [0.3, 0.4) is 0 Å². The average molecular weight is 186 g/mol. The lowest BCUT2D eigenvalue weighted by Crippen LogP contribution is -2.08. The fourth-order valence-electron chi connectivity index (χ4n) is 1.46. The van der Waals surface area contributed by atoms with E-state index in [2.05, 4.69) is 27.7 Å². The molecule has 0 bridgehead atoms. The third-order valence-electron chi connectivity index (χ3n) is 2.56. The van der Waals surface area contributed by atoms with Crippen molar-refractivity contribution in [3.63, 3.8) is 0 Å². The Labute approximate surface area is 83.5 Å². The van der Waals surface area contributed by atoms with Gasteiger partial charge in [-0.15, -0.1) is 0 Å². The van der Waals surface area contributed by atoms with Crippen LogP contribution < -0.4 is 0 Å². The Morgan fingerprint density at radius 3 is 1.38 bits per heavy atom. The smallest absolute Gasteiger partial charge is 0.0459 e. The van der Waals surface area contributed by atoms with Gasteiger partial charge in [0.05, 0.1) is 0 Å². The molecule has 0 heterocycles. The quantitative estimate of drug-likeness (QED) is 0.645. The van der Waals surface area contributed by atoms with Crippen LogP contribution in [0.25, 0.3) is 0 Å². The first-order valence-corrected chi connectivity index (χ1v) is 5.67. The molecule has 0 aliphatic rings. The lowest BCUT2D eigenvalue weighted by atomic mass is 9.92. The number of aliphatic hydroxyl groups is 1. The second-order valence-corrected chi connectivity index (χ2v) is 4.99. The number of aliphatic hydroxyl groups excluding tert-OH is 1. The summed E-state index contributed by atoms with van der Waals surface area (Å²) < 4.78 is 0. The first-order chi connectivity index (χ1) is 6.06. The van der Waals surface area contributed by atoms with Gasteiger partial charge in [-0.1, -0.05) is 40.5 Å². The molecule has 0 radical (unpaired) electrons. The summed E-state index contributed by atoms with van der Waals surface area (Å²) in [6.07, 6.45) is 4.90. The molecule has 0 saturated carbocycles. The van der Waals surface area contributed by atoms with Crippen LogP contribution in [0.2, 0.25) is 0 Å². The predicted molar refractivity (Wildman–Crippen MR) is 58.7 cm³/mol. The second kappa shape index (κ2) is 7.37. The molecule has 0 aromatic rings. The van der Waals surface area contributed by atoms with Crippen molar-refractivity contribution < 1.29 is 5.11 Å². The van der Waals surface area contributed by atoms with Gasteiger partial charge in [0.25, 0.3) is 0 Å². The Morgan fingerprint density at radius 1 is 0.769 bits per heavy atom. The molecule has 0 aliphatic carbocycles. The molecule has 1 N–H and O–H groups in total. The Morgan fingerprint density at radius 2 is 1.15 bits per heavy atom. The topological polar surface area (TPSA) is 20.2 Å². The molecule has 0 spiro atoms. The van der Waals surface area contributed by atoms with Crippen molar-refractivity contribution in [2.75, 3.05) is 6.61 Å². The minimum atomic E-state index is 0.374. The van der Waals surface area contributed by atoms with E-state index in [1.165, 1.54) is 25.7 Å². The Kier molecular flexibility index (Phi) is 7.35. The van der Waals surface area contributed by atoms with Gasteiger partial charge in [0.15, 0.2) is 0 Å². The van der Waals surface area contributed by atoms with Crippen LogP contribution in [0, 0.1) is 17.8 Å². The maximum Gasteiger partial charge on any atom is 0.0459 e. The van der Waals surface area contributed by atoms with Gasteiger partial charge in [-0.2, -0.15) is 0 Å². The van der Waals surface area contributed by atoms with Crippen molar-refractivity contribution >= 4 is 0 Å². The van der Waals surface area contributed by atoms with E-state index < -0.39 is 0 Å². The summed E-state index contributed by atoms with van der Waals surface area (Å²) in [5, 5.41) is 9.15. The van der Waals surface area contributed by atoms with Crippen molar-refractivity contribution in [3.05, 3.63) is 0 Å². The largest absolute Gasteiger partial charge is 0.396 e. The molecule has 0 rings (SSSR count). The first-order valence-electron chi connectivity index (χ1n) is 5.67. The molecular formula is C12H26O. The highest BCUT2D eigenvalue weighted by Crippen LogP contribution is 2.19. The highest BCUT2D eigenvalue weighted by atomic mass is 16.3. The van der Waals surface area contributed by atoms with E-state index in [4.69, 9.17) is 5.11 Å². The maximum absolute atomic E-state index is 9.15. The van der Waals surface area contributed by atoms with E-state index >= 15 is 0 Å². The van der Waals surface area contributed by atoms with Crippen molar-refractivity contribution in [3.8, 4) is 0 Å². The van der Waals surface area contributed by atoms with E-state index in [0.717, 1.165) is 11.8 Å². The Balaban J connectivity index is 3.51. The molecule has 0 aromatic carbocycles. The highest BCUT2D eigenvalue weighted by Gasteiger charge is 2.09. The lowest BCUT2D eigenvalue weighted by molar-refractivity contribution is 0.197. The van der Waals surface area contributed by atoms with Crippen molar-refractivity contribution in [1.29, 1.82) is 0 Å². The molecule has 0 fully saturated rings. The van der Waals surface area contributed by atoms with Crippen LogP contribution in [0.15, 0.2) is 0 Å². The zero-order valence-corrected chi connectivity index (χ0v) is 9.71. The van der Waals surface area contributed by atoms with E-state index in [1.807, 2.05) is 0 Å². The van der Waals surface area contributed by atoms with E-state index in [1.54, 1.807) is 0 Å². The summed E-state index contributed by atoms with van der Waals surface area (Å²) >= 11 is 0. The molecular weight excluding hydrogens is 160 g/mol. The maximum atomic E-state index is 9.15. The minimum Gasteiger partial charge on any atom is -0.396 e. The summed E-state index contributed by atoms with van der Waals surface area (Å²) in [7, 11) is 0. The molecule has 1 heteroatoms. The Bertz CT molecular complexity index is 95.7. The number of hydrogen-bond donors (Lipinski definition) is 1. The molecule has 80 valence electrons. The standard InChI is InChI=1S/C12H26O/c1-10(2)5-7-12(9-13)8-6-11(3)4/h10-13H,5-9H2,1-4H3. The van der Waals surface area contributed by atoms with E-state index in [9.17, 15) is 0 Å². The average Bonchev–Trinajstić information content (AvgIpc) is 2.04. The third-order valence-corrected chi connectivity index (χ3v) is 2.56. The van der Waals surface area contributed by atoms with Crippen molar-refractivity contribution in [2.24, 2.45) is 17.8 Å². The van der Waals surface area contributed by atoms with Gasteiger partial charge < -0.3 is 5.11 Å². The number of rotatable bonds is 7. The zero-order valence-electron chi connectivity index (χ0n) is 9.71. The van der Waals surface area contributed by atoms with Crippen LogP contribution in [0.1, 0.15) is 53.4 Å². The first kappa shape index (κ1) is 13.0. The third kappa shape index (κ3) is 8.29. The van der Waals surface area contributed by atoms with Gasteiger partial charge in [0, 0.05) is 6.61 Å². The van der Waals surface area contributed by atoms with Crippen LogP contribution >= 0.6 is 0 Å². The van der Waals surface area contributed by atoms with Crippen molar-refractivity contribution in [2.45, 2.75) is 53.4 Å². The highest BCUT2D eigenvalue weighted by molar-refractivity contribution is 4.60. The molecule has 0 unspecified atom stereocenters. The molecule has 0 aromatic heterocycles. The monoisotopic (exact) mass is 186 g/mol. The molecule has 0 aliphatic heterocycles. The summed E-state index contributed by atoms with van der Waals surface area (Å²) in [5.41, 5.74) is 0. The summed E-state index contributed by atoms with van der Waals surface area (Å²) in [5.74, 6) is 2.09. The van der Waals surface area contributed by atoms with Crippen LogP contribution in [-0.4, -0.2) is 11.7 Å². The lowest BCUT2D eigenvalue weighted by Gasteiger charge is -2.16. The molecule has 0 atom stereocenters. The van der Waals surface area contributed by atoms with E-state index in [-0.39, 0.29) is 0 Å². The van der Waals surface area contributed by atoms with Gasteiger partial charge in [-0.05, 0) is 30.6 Å². The SMILES string of the molecule is CC(C)CCC(CO)CCC(C)C. The van der Waals surface area contributed by atoms with Crippen LogP contribution in [-0.2, 0) is 0 Å². The van der Waals surface area contributed by atoms with Gasteiger partial charge in [0.1, 0.15) is 0 Å². The fraction of sp³-hybridized carbons (Fsp3) is 1.00. The van der Waals surface area contributed by atoms with Crippen molar-refractivity contribution in [1.82, 2.24) is 0 Å². The van der Waals surface area contributed by atoms with Gasteiger partial charge in [-0.3, -0.25) is 0 Å². The summed E-state index contributed by atoms with van der Waals surface area (Å²) in [6.45, 7) is 9.36. The fourth-order valence-corrected chi connectivity index (χ4v) is 1.46. The summed E-state index contributed by atoms with van der Waals surface area (Å²) in [6, 6.07) is 0. The molecule has 0 saturated heterocycles. The van der Waals surface area contributed by atoms with Gasteiger partial charge in [0.2, 0.25) is 0 Å². The molecule has 13 heavy (non-hydrogen) atoms. The van der Waals surface area contributed by atoms with Gasteiger partial charge >= 0.3 is 0 Å². The second-order valence-electron chi connectivity index (χ2n) is 4.99. The molecule has 0 amide bonds. The van der Waals surface area contributed by atoms with E-state index in [0.29, 0.717) is 12.5 Å². The molecule has 1 nitrogen and oxygen atoms in total. The van der Waals surface area contributed by atoms with Crippen LogP contribution in [0.4, 0.5) is 0 Å². The minimum absolute atomic E-state index is 0.374. The normalized spacial score (nSPS) is 12.0. The van der Waals surface area contributed by atoms with Crippen LogP contribution in [0.5, 0.6) is 0 Å². The Hall–Kier alpha value is -0.0400. The summed E-state index contributed by atoms with van der Waals surface area (Å²) in [4.78, 5) is 0. The zero-order chi connectivity index (χ0) is 10.3. The number of hydrogen-bond acceptors (Lipinski definition) is 1. The predicted octanol–water partition coefficient (Wildman–Crippen LogP) is 3.47. The van der Waals surface area contributed by atoms with Gasteiger partial charge in [-0.25, -0.2) is 0 Å².